The number of benzene rings is 1. The highest BCUT2D eigenvalue weighted by Gasteiger charge is 2.16. The van der Waals surface area contributed by atoms with E-state index in [1.54, 1.807) is 16.8 Å². The molecule has 0 fully saturated rings. The van der Waals surface area contributed by atoms with Crippen molar-refractivity contribution in [3.05, 3.63) is 35.0 Å². The predicted octanol–water partition coefficient (Wildman–Crippen LogP) is 3.05. The number of hydrogen-bond acceptors (Lipinski definition) is 3. The van der Waals surface area contributed by atoms with Crippen LogP contribution in [0.15, 0.2) is 24.3 Å². The highest BCUT2D eigenvalue weighted by Crippen LogP contribution is 2.25. The third kappa shape index (κ3) is 2.15. The van der Waals surface area contributed by atoms with Crippen LogP contribution in [-0.2, 0) is 0 Å². The summed E-state index contributed by atoms with van der Waals surface area (Å²) in [6.45, 7) is 3.99. The average molecular weight is 247 g/mol. The molecule has 0 saturated carbocycles. The van der Waals surface area contributed by atoms with Gasteiger partial charge in [0.05, 0.1) is 0 Å². The molecule has 2 rings (SSSR count). The maximum Gasteiger partial charge on any atom is 0.190 e. The second-order valence-corrected chi connectivity index (χ2v) is 4.38. The minimum atomic E-state index is 0.148. The molecule has 0 aliphatic carbocycles. The summed E-state index contributed by atoms with van der Waals surface area (Å²) in [5.74, 6) is 0. The Labute approximate surface area is 104 Å². The van der Waals surface area contributed by atoms with Gasteiger partial charge in [0.2, 0.25) is 0 Å². The molecule has 0 atom stereocenters. The number of nitriles is 1. The van der Waals surface area contributed by atoms with Crippen molar-refractivity contribution in [2.75, 3.05) is 0 Å². The maximum atomic E-state index is 9.04. The Balaban J connectivity index is 2.61. The Bertz CT molecular complexity index is 563. The molecule has 0 bridgehead atoms. The van der Waals surface area contributed by atoms with E-state index in [4.69, 9.17) is 16.9 Å². The number of hydrogen-bond donors (Lipinski definition) is 0. The molecule has 2 aromatic rings. The van der Waals surface area contributed by atoms with Gasteiger partial charge in [0.15, 0.2) is 5.69 Å². The van der Waals surface area contributed by atoms with Crippen molar-refractivity contribution >= 4 is 11.6 Å². The van der Waals surface area contributed by atoms with Gasteiger partial charge in [-0.05, 0) is 26.0 Å². The summed E-state index contributed by atoms with van der Waals surface area (Å²) >= 11 is 5.85. The lowest BCUT2D eigenvalue weighted by Gasteiger charge is -2.09. The maximum absolute atomic E-state index is 9.04. The molecule has 1 heterocycles. The van der Waals surface area contributed by atoms with Crippen LogP contribution in [0.5, 0.6) is 0 Å². The SMILES string of the molecule is CC(C)n1nnc(C#N)c1-c1ccc(Cl)cc1. The second-order valence-electron chi connectivity index (χ2n) is 3.94. The van der Waals surface area contributed by atoms with E-state index in [-0.39, 0.29) is 6.04 Å². The highest BCUT2D eigenvalue weighted by molar-refractivity contribution is 6.30. The monoisotopic (exact) mass is 246 g/mol. The van der Waals surface area contributed by atoms with Crippen LogP contribution in [0.3, 0.4) is 0 Å². The lowest BCUT2D eigenvalue weighted by atomic mass is 10.1. The first kappa shape index (κ1) is 11.6. The minimum Gasteiger partial charge on any atom is -0.241 e. The molecule has 1 aromatic heterocycles. The van der Waals surface area contributed by atoms with Crippen LogP contribution in [0.1, 0.15) is 25.6 Å². The fraction of sp³-hybridized carbons (Fsp3) is 0.250. The Morgan fingerprint density at radius 3 is 2.47 bits per heavy atom. The Kier molecular flexibility index (Phi) is 3.12. The number of rotatable bonds is 2. The van der Waals surface area contributed by atoms with Crippen LogP contribution < -0.4 is 0 Å². The quantitative estimate of drug-likeness (QED) is 0.818. The molecule has 0 radical (unpaired) electrons. The molecular weight excluding hydrogens is 236 g/mol. The van der Waals surface area contributed by atoms with Crippen LogP contribution in [0.25, 0.3) is 11.3 Å². The average Bonchev–Trinajstić information content (AvgIpc) is 2.73. The summed E-state index contributed by atoms with van der Waals surface area (Å²) in [5, 5.41) is 17.6. The molecule has 0 saturated heterocycles. The van der Waals surface area contributed by atoms with E-state index >= 15 is 0 Å². The zero-order valence-corrected chi connectivity index (χ0v) is 10.3. The fourth-order valence-electron chi connectivity index (χ4n) is 1.61. The van der Waals surface area contributed by atoms with E-state index in [1.165, 1.54) is 0 Å². The first-order valence-corrected chi connectivity index (χ1v) is 5.62. The molecule has 0 unspecified atom stereocenters. The van der Waals surface area contributed by atoms with Gasteiger partial charge in [-0.25, -0.2) is 4.68 Å². The normalized spacial score (nSPS) is 10.5. The van der Waals surface area contributed by atoms with Gasteiger partial charge in [0.1, 0.15) is 11.8 Å². The van der Waals surface area contributed by atoms with Crippen LogP contribution in [0.4, 0.5) is 0 Å². The molecule has 86 valence electrons. The molecule has 0 spiro atoms. The van der Waals surface area contributed by atoms with Crippen LogP contribution in [-0.4, -0.2) is 15.0 Å². The molecule has 1 aromatic carbocycles. The molecule has 0 aliphatic heterocycles. The van der Waals surface area contributed by atoms with Gasteiger partial charge in [-0.2, -0.15) is 5.26 Å². The van der Waals surface area contributed by atoms with E-state index in [1.807, 2.05) is 26.0 Å². The number of nitrogens with zero attached hydrogens (tertiary/aromatic N) is 4. The number of aromatic nitrogens is 3. The van der Waals surface area contributed by atoms with Gasteiger partial charge in [-0.1, -0.05) is 28.9 Å². The standard InChI is InChI=1S/C12H11ClN4/c1-8(2)17-12(11(7-14)15-16-17)9-3-5-10(13)6-4-9/h3-6,8H,1-2H3. The van der Waals surface area contributed by atoms with Crippen molar-refractivity contribution < 1.29 is 0 Å². The first-order valence-electron chi connectivity index (χ1n) is 5.24. The Morgan fingerprint density at radius 1 is 1.29 bits per heavy atom. The molecular formula is C12H11ClN4. The van der Waals surface area contributed by atoms with Crippen molar-refractivity contribution in [2.24, 2.45) is 0 Å². The van der Waals surface area contributed by atoms with Gasteiger partial charge >= 0.3 is 0 Å². The smallest absolute Gasteiger partial charge is 0.190 e. The van der Waals surface area contributed by atoms with Crippen molar-refractivity contribution in [3.63, 3.8) is 0 Å². The van der Waals surface area contributed by atoms with Gasteiger partial charge in [-0.15, -0.1) is 5.10 Å². The summed E-state index contributed by atoms with van der Waals surface area (Å²) in [4.78, 5) is 0. The molecule has 0 amide bonds. The van der Waals surface area contributed by atoms with Gasteiger partial charge < -0.3 is 0 Å². The Morgan fingerprint density at radius 2 is 1.94 bits per heavy atom. The van der Waals surface area contributed by atoms with Crippen LogP contribution in [0, 0.1) is 11.3 Å². The van der Waals surface area contributed by atoms with Gasteiger partial charge in [0.25, 0.3) is 0 Å². The number of halogens is 1. The first-order chi connectivity index (χ1) is 8.13. The largest absolute Gasteiger partial charge is 0.241 e. The zero-order chi connectivity index (χ0) is 12.4. The fourth-order valence-corrected chi connectivity index (χ4v) is 1.73. The molecule has 5 heteroatoms. The molecule has 0 N–H and O–H groups in total. The molecule has 17 heavy (non-hydrogen) atoms. The van der Waals surface area contributed by atoms with Crippen molar-refractivity contribution in [2.45, 2.75) is 19.9 Å². The van der Waals surface area contributed by atoms with E-state index in [2.05, 4.69) is 16.4 Å². The summed E-state index contributed by atoms with van der Waals surface area (Å²) in [6.07, 6.45) is 0. The van der Waals surface area contributed by atoms with Crippen molar-refractivity contribution in [1.29, 1.82) is 5.26 Å². The predicted molar refractivity (Wildman–Crippen MR) is 65.6 cm³/mol. The van der Waals surface area contributed by atoms with Gasteiger partial charge in [-0.3, -0.25) is 0 Å². The van der Waals surface area contributed by atoms with Crippen LogP contribution >= 0.6 is 11.6 Å². The topological polar surface area (TPSA) is 54.5 Å². The van der Waals surface area contributed by atoms with Crippen molar-refractivity contribution in [1.82, 2.24) is 15.0 Å². The van der Waals surface area contributed by atoms with Crippen LogP contribution in [0.2, 0.25) is 5.02 Å². The lowest BCUT2D eigenvalue weighted by Crippen LogP contribution is -2.05. The zero-order valence-electron chi connectivity index (χ0n) is 9.55. The summed E-state index contributed by atoms with van der Waals surface area (Å²) in [6, 6.07) is 9.50. The Hall–Kier alpha value is -1.86. The third-order valence-electron chi connectivity index (χ3n) is 2.41. The second kappa shape index (κ2) is 4.56. The van der Waals surface area contributed by atoms with E-state index in [9.17, 15) is 0 Å². The molecule has 0 aliphatic rings. The van der Waals surface area contributed by atoms with E-state index < -0.39 is 0 Å². The van der Waals surface area contributed by atoms with Crippen molar-refractivity contribution in [3.8, 4) is 17.3 Å². The summed E-state index contributed by atoms with van der Waals surface area (Å²) < 4.78 is 1.74. The minimum absolute atomic E-state index is 0.148. The highest BCUT2D eigenvalue weighted by atomic mass is 35.5. The summed E-state index contributed by atoms with van der Waals surface area (Å²) in [7, 11) is 0. The summed E-state index contributed by atoms with van der Waals surface area (Å²) in [5.41, 5.74) is 1.96. The van der Waals surface area contributed by atoms with Gasteiger partial charge in [0, 0.05) is 16.6 Å². The third-order valence-corrected chi connectivity index (χ3v) is 2.66. The lowest BCUT2D eigenvalue weighted by molar-refractivity contribution is 0.519. The van der Waals surface area contributed by atoms with E-state index in [0.717, 1.165) is 11.3 Å². The van der Waals surface area contributed by atoms with E-state index in [0.29, 0.717) is 10.7 Å². The molecule has 4 nitrogen and oxygen atoms in total.